The van der Waals surface area contributed by atoms with Gasteiger partial charge in [0, 0.05) is 20.6 Å². The second-order valence-electron chi connectivity index (χ2n) is 4.17. The summed E-state index contributed by atoms with van der Waals surface area (Å²) >= 11 is 0. The molecule has 8 heteroatoms. The molecule has 0 aliphatic rings. The molecular weight excluding hydrogens is 260 g/mol. The fourth-order valence-corrected chi connectivity index (χ4v) is 1.47. The molecule has 8 nitrogen and oxygen atoms in total. The molecule has 1 aromatic heterocycles. The summed E-state index contributed by atoms with van der Waals surface area (Å²) < 4.78 is 5.26. The summed E-state index contributed by atoms with van der Waals surface area (Å²) in [6.45, 7) is 6.63. The van der Waals surface area contributed by atoms with Crippen molar-refractivity contribution in [2.75, 3.05) is 37.9 Å². The van der Waals surface area contributed by atoms with Gasteiger partial charge in [-0.1, -0.05) is 0 Å². The maximum Gasteiger partial charge on any atom is 0.323 e. The third-order valence-corrected chi connectivity index (χ3v) is 2.68. The van der Waals surface area contributed by atoms with Gasteiger partial charge in [-0.25, -0.2) is 0 Å². The lowest BCUT2D eigenvalue weighted by molar-refractivity contribution is -0.130. The van der Waals surface area contributed by atoms with Crippen LogP contribution in [0.2, 0.25) is 0 Å². The lowest BCUT2D eigenvalue weighted by atomic mass is 10.3. The van der Waals surface area contributed by atoms with Crippen LogP contribution in [-0.2, 0) is 4.79 Å². The third-order valence-electron chi connectivity index (χ3n) is 2.68. The van der Waals surface area contributed by atoms with Crippen LogP contribution in [0.4, 0.5) is 11.9 Å². The minimum absolute atomic E-state index is 0.0307. The van der Waals surface area contributed by atoms with Crippen LogP contribution >= 0.6 is 0 Å². The standard InChI is InChI=1S/C12H22N6O2/c1-6-18(5)9(19)8(3)14-11-15-10(13-4)16-12(17-11)20-7-2/h8H,6-7H2,1-5H3,(H2,13,14,15,16,17). The summed E-state index contributed by atoms with van der Waals surface area (Å²) in [4.78, 5) is 25.9. The number of hydrogen-bond acceptors (Lipinski definition) is 7. The first-order chi connectivity index (χ1) is 9.51. The van der Waals surface area contributed by atoms with Crippen molar-refractivity contribution in [1.29, 1.82) is 0 Å². The van der Waals surface area contributed by atoms with Crippen LogP contribution < -0.4 is 15.4 Å². The molecule has 0 saturated heterocycles. The van der Waals surface area contributed by atoms with E-state index in [1.54, 1.807) is 25.9 Å². The lowest BCUT2D eigenvalue weighted by Crippen LogP contribution is -2.39. The first-order valence-corrected chi connectivity index (χ1v) is 6.59. The first kappa shape index (κ1) is 15.9. The number of likely N-dealkylation sites (N-methyl/N-ethyl adjacent to an activating group) is 1. The lowest BCUT2D eigenvalue weighted by Gasteiger charge is -2.20. The molecule has 1 atom stereocenters. The molecule has 1 unspecified atom stereocenters. The summed E-state index contributed by atoms with van der Waals surface area (Å²) in [6, 6.07) is -0.209. The van der Waals surface area contributed by atoms with E-state index in [0.29, 0.717) is 25.0 Å². The van der Waals surface area contributed by atoms with Gasteiger partial charge in [0.1, 0.15) is 6.04 Å². The van der Waals surface area contributed by atoms with Crippen molar-refractivity contribution in [2.24, 2.45) is 0 Å². The molecule has 1 heterocycles. The van der Waals surface area contributed by atoms with Crippen molar-refractivity contribution in [3.63, 3.8) is 0 Å². The second-order valence-corrected chi connectivity index (χ2v) is 4.17. The highest BCUT2D eigenvalue weighted by Gasteiger charge is 2.18. The SMILES string of the molecule is CCOc1nc(NC)nc(NC(C)C(=O)N(C)CC)n1. The van der Waals surface area contributed by atoms with Gasteiger partial charge < -0.3 is 20.3 Å². The van der Waals surface area contributed by atoms with E-state index < -0.39 is 6.04 Å². The van der Waals surface area contributed by atoms with Crippen LogP contribution in [0, 0.1) is 0 Å². The molecule has 1 aromatic rings. The molecule has 2 N–H and O–H groups in total. The molecule has 0 bridgehead atoms. The Bertz CT molecular complexity index is 454. The number of nitrogens with one attached hydrogen (secondary N) is 2. The zero-order valence-electron chi connectivity index (χ0n) is 12.6. The molecule has 0 saturated carbocycles. The Morgan fingerprint density at radius 1 is 1.30 bits per heavy atom. The van der Waals surface area contributed by atoms with Crippen LogP contribution in [-0.4, -0.2) is 59.0 Å². The van der Waals surface area contributed by atoms with E-state index in [4.69, 9.17) is 4.74 Å². The fourth-order valence-electron chi connectivity index (χ4n) is 1.47. The van der Waals surface area contributed by atoms with Gasteiger partial charge in [0.15, 0.2) is 0 Å². The van der Waals surface area contributed by atoms with Gasteiger partial charge in [0.25, 0.3) is 0 Å². The largest absolute Gasteiger partial charge is 0.464 e. The molecule has 0 spiro atoms. The van der Waals surface area contributed by atoms with Crippen LogP contribution in [0.25, 0.3) is 0 Å². The van der Waals surface area contributed by atoms with Crippen molar-refractivity contribution in [3.8, 4) is 6.01 Å². The number of anilines is 2. The Hall–Kier alpha value is -2.12. The van der Waals surface area contributed by atoms with Gasteiger partial charge in [-0.05, 0) is 20.8 Å². The van der Waals surface area contributed by atoms with Crippen LogP contribution in [0.3, 0.4) is 0 Å². The molecule has 20 heavy (non-hydrogen) atoms. The van der Waals surface area contributed by atoms with Crippen molar-refractivity contribution in [3.05, 3.63) is 0 Å². The second kappa shape index (κ2) is 7.46. The Morgan fingerprint density at radius 2 is 1.95 bits per heavy atom. The summed E-state index contributed by atoms with van der Waals surface area (Å²) in [5.74, 6) is 0.657. The highest BCUT2D eigenvalue weighted by atomic mass is 16.5. The van der Waals surface area contributed by atoms with E-state index >= 15 is 0 Å². The quantitative estimate of drug-likeness (QED) is 0.756. The number of aromatic nitrogens is 3. The Balaban J connectivity index is 2.85. The number of carbonyl (C=O) groups is 1. The topological polar surface area (TPSA) is 92.3 Å². The van der Waals surface area contributed by atoms with Crippen molar-refractivity contribution in [2.45, 2.75) is 26.8 Å². The number of carbonyl (C=O) groups excluding carboxylic acids is 1. The molecular formula is C12H22N6O2. The first-order valence-electron chi connectivity index (χ1n) is 6.59. The summed E-state index contributed by atoms with van der Waals surface area (Å²) in [6.07, 6.45) is 0. The Labute approximate surface area is 119 Å². The number of hydrogen-bond donors (Lipinski definition) is 2. The monoisotopic (exact) mass is 282 g/mol. The molecule has 1 rings (SSSR count). The smallest absolute Gasteiger partial charge is 0.323 e. The van der Waals surface area contributed by atoms with Crippen molar-refractivity contribution < 1.29 is 9.53 Å². The minimum Gasteiger partial charge on any atom is -0.464 e. The minimum atomic E-state index is -0.429. The van der Waals surface area contributed by atoms with Crippen LogP contribution in [0.15, 0.2) is 0 Å². The predicted octanol–water partition coefficient (Wildman–Crippen LogP) is 0.591. The number of rotatable bonds is 7. The van der Waals surface area contributed by atoms with Gasteiger partial charge in [0.2, 0.25) is 17.8 Å². The average molecular weight is 282 g/mol. The number of nitrogens with zero attached hydrogens (tertiary/aromatic N) is 4. The Morgan fingerprint density at radius 3 is 2.50 bits per heavy atom. The molecule has 0 aromatic carbocycles. The molecule has 0 aliphatic heterocycles. The molecule has 1 amide bonds. The van der Waals surface area contributed by atoms with E-state index in [0.717, 1.165) is 0 Å². The third kappa shape index (κ3) is 4.22. The highest BCUT2D eigenvalue weighted by molar-refractivity contribution is 5.83. The van der Waals surface area contributed by atoms with Crippen LogP contribution in [0.5, 0.6) is 6.01 Å². The molecule has 0 fully saturated rings. The van der Waals surface area contributed by atoms with Gasteiger partial charge in [0.05, 0.1) is 6.61 Å². The average Bonchev–Trinajstić information content (AvgIpc) is 2.45. The Kier molecular flexibility index (Phi) is 5.95. The normalized spacial score (nSPS) is 11.7. The van der Waals surface area contributed by atoms with Crippen LogP contribution in [0.1, 0.15) is 20.8 Å². The van der Waals surface area contributed by atoms with Gasteiger partial charge >= 0.3 is 6.01 Å². The maximum atomic E-state index is 12.0. The van der Waals surface area contributed by atoms with E-state index in [9.17, 15) is 4.79 Å². The van der Waals surface area contributed by atoms with E-state index in [1.807, 2.05) is 13.8 Å². The summed E-state index contributed by atoms with van der Waals surface area (Å²) in [7, 11) is 3.45. The zero-order valence-corrected chi connectivity index (χ0v) is 12.6. The fraction of sp³-hybridized carbons (Fsp3) is 0.667. The molecule has 0 aliphatic carbocycles. The number of ether oxygens (including phenoxy) is 1. The van der Waals surface area contributed by atoms with Gasteiger partial charge in [-0.2, -0.15) is 15.0 Å². The zero-order chi connectivity index (χ0) is 15.1. The highest BCUT2D eigenvalue weighted by Crippen LogP contribution is 2.12. The molecule has 0 radical (unpaired) electrons. The number of amides is 1. The molecule has 112 valence electrons. The van der Waals surface area contributed by atoms with Gasteiger partial charge in [-0.15, -0.1) is 0 Å². The summed E-state index contributed by atoms with van der Waals surface area (Å²) in [5, 5.41) is 5.78. The van der Waals surface area contributed by atoms with Crippen molar-refractivity contribution in [1.82, 2.24) is 19.9 Å². The predicted molar refractivity (Wildman–Crippen MR) is 76.9 cm³/mol. The van der Waals surface area contributed by atoms with E-state index in [-0.39, 0.29) is 11.9 Å². The van der Waals surface area contributed by atoms with E-state index in [2.05, 4.69) is 25.6 Å². The van der Waals surface area contributed by atoms with Gasteiger partial charge in [-0.3, -0.25) is 4.79 Å². The summed E-state index contributed by atoms with van der Waals surface area (Å²) in [5.41, 5.74) is 0. The maximum absolute atomic E-state index is 12.0. The van der Waals surface area contributed by atoms with E-state index in [1.165, 1.54) is 0 Å². The van der Waals surface area contributed by atoms with Crippen molar-refractivity contribution >= 4 is 17.8 Å².